The van der Waals surface area contributed by atoms with Crippen molar-refractivity contribution in [1.82, 2.24) is 0 Å². The summed E-state index contributed by atoms with van der Waals surface area (Å²) in [5.41, 5.74) is 0. The summed E-state index contributed by atoms with van der Waals surface area (Å²) >= 11 is 0. The zero-order valence-electron chi connectivity index (χ0n) is 63.1. The highest BCUT2D eigenvalue weighted by atomic mass is 31.2. The number of unbranched alkanes of at least 4 members (excludes halogenated alkanes) is 32. The second-order valence-electron chi connectivity index (χ2n) is 26.3. The molecule has 19 heteroatoms. The molecule has 0 aromatic heterocycles. The van der Waals surface area contributed by atoms with Gasteiger partial charge in [-0.25, -0.2) is 9.13 Å². The molecule has 5 atom stereocenters. The van der Waals surface area contributed by atoms with Crippen LogP contribution in [-0.4, -0.2) is 96.7 Å². The summed E-state index contributed by atoms with van der Waals surface area (Å²) in [7, 11) is -9.96. The topological polar surface area (TPSA) is 237 Å². The lowest BCUT2D eigenvalue weighted by Crippen LogP contribution is -2.30. The van der Waals surface area contributed by atoms with Crippen molar-refractivity contribution in [2.24, 2.45) is 0 Å². The third kappa shape index (κ3) is 72.3. The van der Waals surface area contributed by atoms with Gasteiger partial charge in [0.15, 0.2) is 12.2 Å². The lowest BCUT2D eigenvalue weighted by molar-refractivity contribution is -0.161. The van der Waals surface area contributed by atoms with Gasteiger partial charge in [0.25, 0.3) is 0 Å². The molecule has 5 unspecified atom stereocenters. The normalized spacial score (nSPS) is 14.4. The summed E-state index contributed by atoms with van der Waals surface area (Å²) in [5, 5.41) is 10.6. The van der Waals surface area contributed by atoms with Crippen molar-refractivity contribution in [1.29, 1.82) is 0 Å². The molecule has 0 aromatic carbocycles. The molecule has 0 aliphatic carbocycles. The van der Waals surface area contributed by atoms with Gasteiger partial charge in [-0.1, -0.05) is 305 Å². The van der Waals surface area contributed by atoms with Gasteiger partial charge in [0.1, 0.15) is 19.3 Å². The second kappa shape index (κ2) is 73.3. The summed E-state index contributed by atoms with van der Waals surface area (Å²) in [6.07, 6.45) is 76.8. The number of aliphatic hydroxyl groups is 1. The highest BCUT2D eigenvalue weighted by Gasteiger charge is 2.30. The van der Waals surface area contributed by atoms with Crippen molar-refractivity contribution in [2.75, 3.05) is 39.6 Å². The highest BCUT2D eigenvalue weighted by molar-refractivity contribution is 7.47. The van der Waals surface area contributed by atoms with E-state index in [0.29, 0.717) is 32.1 Å². The van der Waals surface area contributed by atoms with E-state index < -0.39 is 97.5 Å². The van der Waals surface area contributed by atoms with Gasteiger partial charge in [0, 0.05) is 25.7 Å². The molecule has 578 valence electrons. The fraction of sp³-hybridized carbons (Fsp3) is 0.753. The van der Waals surface area contributed by atoms with Gasteiger partial charge in [-0.05, 0) is 103 Å². The summed E-state index contributed by atoms with van der Waals surface area (Å²) in [6, 6.07) is 0. The fourth-order valence-corrected chi connectivity index (χ4v) is 12.2. The third-order valence-corrected chi connectivity index (χ3v) is 18.5. The lowest BCUT2D eigenvalue weighted by Gasteiger charge is -2.21. The minimum atomic E-state index is -4.99. The van der Waals surface area contributed by atoms with Crippen LogP contribution in [-0.2, 0) is 65.4 Å². The van der Waals surface area contributed by atoms with E-state index in [1.54, 1.807) is 0 Å². The van der Waals surface area contributed by atoms with Gasteiger partial charge in [-0.2, -0.15) is 0 Å². The van der Waals surface area contributed by atoms with E-state index in [9.17, 15) is 43.2 Å². The van der Waals surface area contributed by atoms with Gasteiger partial charge in [-0.3, -0.25) is 37.3 Å². The zero-order valence-corrected chi connectivity index (χ0v) is 64.9. The largest absolute Gasteiger partial charge is 0.472 e. The number of phosphoric ester groups is 2. The van der Waals surface area contributed by atoms with Crippen molar-refractivity contribution < 1.29 is 80.2 Å². The number of hydrogen-bond acceptors (Lipinski definition) is 15. The number of carbonyl (C=O) groups is 4. The average Bonchev–Trinajstić information content (AvgIpc) is 0.985. The Morgan fingerprint density at radius 3 is 0.820 bits per heavy atom. The Labute approximate surface area is 607 Å². The molecule has 0 saturated heterocycles. The maximum Gasteiger partial charge on any atom is 0.472 e. The molecule has 0 aliphatic rings. The lowest BCUT2D eigenvalue weighted by atomic mass is 10.0. The predicted molar refractivity (Wildman–Crippen MR) is 409 cm³/mol. The standard InChI is InChI=1S/C81H142O17P2/c1-5-9-13-17-21-25-29-32-35-36-37-38-41-43-47-50-54-58-62-66-79(84)92-72-77(98-81(86)68-64-60-56-52-48-44-40-34-31-27-23-19-15-11-7-3)74-96-100(89,90)94-70-75(82)69-93-99(87,88)95-73-76(97-80(85)67-63-59-55-51-45-28-24-20-16-12-8-4)71-91-78(83)65-61-57-53-49-46-42-39-33-30-26-22-18-14-10-6-2/h9,11,13,15,21,23,25,27,32,34-35,37-38,40,48,52,75-77,82H,5-8,10,12,14,16-20,22,24,26,28-31,33,36,39,41-47,49-51,53-74H2,1-4H3,(H,87,88)(H,89,90)/b13-9-,15-11-,25-21-,27-23-,35-32-,38-37-,40-34-,52-48-. The van der Waals surface area contributed by atoms with E-state index in [4.69, 9.17) is 37.0 Å². The molecular formula is C81H142O17P2. The molecule has 0 bridgehead atoms. The molecule has 0 heterocycles. The summed E-state index contributed by atoms with van der Waals surface area (Å²) in [4.78, 5) is 72.9. The second-order valence-corrected chi connectivity index (χ2v) is 29.2. The Morgan fingerprint density at radius 1 is 0.290 bits per heavy atom. The van der Waals surface area contributed by atoms with Crippen LogP contribution < -0.4 is 0 Å². The van der Waals surface area contributed by atoms with Gasteiger partial charge < -0.3 is 33.8 Å². The van der Waals surface area contributed by atoms with Crippen LogP contribution in [0.2, 0.25) is 0 Å². The van der Waals surface area contributed by atoms with Crippen LogP contribution in [0, 0.1) is 0 Å². The summed E-state index contributed by atoms with van der Waals surface area (Å²) in [5.74, 6) is -2.22. The van der Waals surface area contributed by atoms with Crippen LogP contribution >= 0.6 is 15.6 Å². The molecule has 0 amide bonds. The van der Waals surface area contributed by atoms with E-state index in [1.807, 2.05) is 0 Å². The maximum atomic E-state index is 13.1. The van der Waals surface area contributed by atoms with E-state index in [0.717, 1.165) is 141 Å². The maximum absolute atomic E-state index is 13.1. The van der Waals surface area contributed by atoms with E-state index >= 15 is 0 Å². The summed E-state index contributed by atoms with van der Waals surface area (Å²) in [6.45, 7) is 4.62. The first kappa shape index (κ1) is 96.0. The first-order valence-corrected chi connectivity index (χ1v) is 42.5. The molecule has 0 rings (SSSR count). The minimum absolute atomic E-state index is 0.0393. The van der Waals surface area contributed by atoms with Crippen LogP contribution in [0.1, 0.15) is 336 Å². The van der Waals surface area contributed by atoms with E-state index in [2.05, 4.69) is 125 Å². The van der Waals surface area contributed by atoms with Gasteiger partial charge in [0.05, 0.1) is 26.4 Å². The van der Waals surface area contributed by atoms with E-state index in [-0.39, 0.29) is 25.7 Å². The molecule has 17 nitrogen and oxygen atoms in total. The van der Waals surface area contributed by atoms with Crippen LogP contribution in [0.5, 0.6) is 0 Å². The fourth-order valence-electron chi connectivity index (χ4n) is 10.6. The number of aliphatic hydroxyl groups excluding tert-OH is 1. The number of allylic oxidation sites excluding steroid dienone is 16. The predicted octanol–water partition coefficient (Wildman–Crippen LogP) is 22.8. The Kier molecular flexibility index (Phi) is 70.4. The minimum Gasteiger partial charge on any atom is -0.462 e. The highest BCUT2D eigenvalue weighted by Crippen LogP contribution is 2.45. The van der Waals surface area contributed by atoms with Crippen molar-refractivity contribution in [3.05, 3.63) is 97.2 Å². The van der Waals surface area contributed by atoms with Crippen LogP contribution in [0.4, 0.5) is 0 Å². The number of carbonyl (C=O) groups excluding carboxylic acids is 4. The molecule has 0 radical (unpaired) electrons. The van der Waals surface area contributed by atoms with Crippen LogP contribution in [0.25, 0.3) is 0 Å². The SMILES string of the molecule is CC/C=C\C/C=C\C/C=C\C/C=C\CCCCCCCCC(=O)OCC(COP(=O)(O)OCC(O)COP(=O)(O)OCC(COC(=O)CCCCCCCCCCCCCCCCC)OC(=O)CCCCCCCCCCCCC)OC(=O)CCCC/C=C\C/C=C\C/C=C\C/C=C\CC. The molecule has 0 aliphatic heterocycles. The molecule has 100 heavy (non-hydrogen) atoms. The van der Waals surface area contributed by atoms with Crippen LogP contribution in [0.15, 0.2) is 97.2 Å². The first-order chi connectivity index (χ1) is 48.7. The average molecular weight is 1450 g/mol. The van der Waals surface area contributed by atoms with Crippen molar-refractivity contribution in [3.8, 4) is 0 Å². The number of hydrogen-bond donors (Lipinski definition) is 3. The zero-order chi connectivity index (χ0) is 73.2. The van der Waals surface area contributed by atoms with Crippen molar-refractivity contribution in [2.45, 2.75) is 354 Å². The monoisotopic (exact) mass is 1450 g/mol. The number of esters is 4. The quantitative estimate of drug-likeness (QED) is 0.0169. The Hall–Kier alpha value is -4.02. The molecule has 0 saturated carbocycles. The summed E-state index contributed by atoms with van der Waals surface area (Å²) < 4.78 is 68.5. The number of ether oxygens (including phenoxy) is 4. The number of phosphoric acid groups is 2. The van der Waals surface area contributed by atoms with Crippen molar-refractivity contribution >= 4 is 39.5 Å². The molecule has 3 N–H and O–H groups in total. The smallest absolute Gasteiger partial charge is 0.462 e. The molecule has 0 fully saturated rings. The molecule has 0 spiro atoms. The Bertz CT molecular complexity index is 2270. The van der Waals surface area contributed by atoms with Gasteiger partial charge >= 0.3 is 39.5 Å². The van der Waals surface area contributed by atoms with E-state index in [1.165, 1.54) is 109 Å². The molecule has 0 aromatic rings. The Balaban J connectivity index is 5.34. The van der Waals surface area contributed by atoms with Crippen molar-refractivity contribution in [3.63, 3.8) is 0 Å². The van der Waals surface area contributed by atoms with Crippen LogP contribution in [0.3, 0.4) is 0 Å². The molecular weight excluding hydrogens is 1310 g/mol. The van der Waals surface area contributed by atoms with Gasteiger partial charge in [0.2, 0.25) is 0 Å². The van der Waals surface area contributed by atoms with Gasteiger partial charge in [-0.15, -0.1) is 0 Å². The number of rotatable bonds is 74. The Morgan fingerprint density at radius 2 is 0.520 bits per heavy atom. The first-order valence-electron chi connectivity index (χ1n) is 39.5. The third-order valence-electron chi connectivity index (χ3n) is 16.6.